The van der Waals surface area contributed by atoms with Crippen molar-refractivity contribution >= 4 is 0 Å². The van der Waals surface area contributed by atoms with E-state index >= 15 is 0 Å². The summed E-state index contributed by atoms with van der Waals surface area (Å²) in [6.07, 6.45) is 6.65. The van der Waals surface area contributed by atoms with Gasteiger partial charge in [0, 0.05) is 25.8 Å². The largest absolute Gasteiger partial charge is 0.336 e. The molecule has 0 atom stereocenters. The van der Waals surface area contributed by atoms with E-state index < -0.39 is 0 Å². The first-order chi connectivity index (χ1) is 7.78. The molecule has 1 aromatic heterocycles. The first-order valence-electron chi connectivity index (χ1n) is 6.21. The van der Waals surface area contributed by atoms with Gasteiger partial charge in [-0.25, -0.2) is 4.98 Å². The van der Waals surface area contributed by atoms with Crippen molar-refractivity contribution in [3.8, 4) is 0 Å². The lowest BCUT2D eigenvalue weighted by Gasteiger charge is -2.29. The van der Waals surface area contributed by atoms with Crippen molar-refractivity contribution in [2.24, 2.45) is 11.7 Å². The number of nitrogens with zero attached hydrogens (tertiary/aromatic N) is 3. The number of piperidine rings is 1. The molecular weight excluding hydrogens is 200 g/mol. The van der Waals surface area contributed by atoms with Crippen LogP contribution in [0.15, 0.2) is 12.5 Å². The fourth-order valence-corrected chi connectivity index (χ4v) is 2.21. The minimum absolute atomic E-state index is 0.678. The van der Waals surface area contributed by atoms with E-state index in [4.69, 9.17) is 5.73 Å². The van der Waals surface area contributed by atoms with Crippen molar-refractivity contribution in [3.63, 3.8) is 0 Å². The zero-order valence-corrected chi connectivity index (χ0v) is 10.1. The molecule has 4 heteroatoms. The molecule has 1 aliphatic rings. The number of imidazole rings is 1. The Kier molecular flexibility index (Phi) is 3.96. The van der Waals surface area contributed by atoms with Gasteiger partial charge >= 0.3 is 0 Å². The number of rotatable bonds is 4. The van der Waals surface area contributed by atoms with E-state index in [-0.39, 0.29) is 0 Å². The summed E-state index contributed by atoms with van der Waals surface area (Å²) in [4.78, 5) is 6.91. The average Bonchev–Trinajstić information content (AvgIpc) is 2.70. The van der Waals surface area contributed by atoms with Gasteiger partial charge in [-0.05, 0) is 31.8 Å². The van der Waals surface area contributed by atoms with E-state index in [0.29, 0.717) is 6.54 Å². The normalized spacial score (nSPS) is 19.1. The molecule has 0 bridgehead atoms. The highest BCUT2D eigenvalue weighted by Crippen LogP contribution is 2.17. The molecule has 0 saturated carbocycles. The number of aromatic nitrogens is 2. The molecule has 0 unspecified atom stereocenters. The Morgan fingerprint density at radius 1 is 1.44 bits per heavy atom. The Bertz CT molecular complexity index is 313. The van der Waals surface area contributed by atoms with Crippen LogP contribution < -0.4 is 5.73 Å². The summed E-state index contributed by atoms with van der Waals surface area (Å²) in [7, 11) is 0. The molecule has 1 saturated heterocycles. The summed E-state index contributed by atoms with van der Waals surface area (Å²) in [5.74, 6) is 0.894. The van der Waals surface area contributed by atoms with Crippen LogP contribution in [0.2, 0.25) is 0 Å². The highest BCUT2D eigenvalue weighted by Gasteiger charge is 2.16. The molecule has 2 N–H and O–H groups in total. The minimum atomic E-state index is 0.678. The van der Waals surface area contributed by atoms with Gasteiger partial charge in [-0.15, -0.1) is 0 Å². The van der Waals surface area contributed by atoms with Gasteiger partial charge in [0.2, 0.25) is 0 Å². The van der Waals surface area contributed by atoms with Crippen LogP contribution in [0.4, 0.5) is 0 Å². The zero-order valence-electron chi connectivity index (χ0n) is 10.1. The molecule has 16 heavy (non-hydrogen) atoms. The summed E-state index contributed by atoms with van der Waals surface area (Å²) in [6, 6.07) is 0. The lowest BCUT2D eigenvalue weighted by atomic mass is 9.99. The van der Waals surface area contributed by atoms with Crippen molar-refractivity contribution in [2.75, 3.05) is 19.6 Å². The Labute approximate surface area is 97.4 Å². The summed E-state index contributed by atoms with van der Waals surface area (Å²) in [6.45, 7) is 7.30. The maximum absolute atomic E-state index is 5.51. The predicted octanol–water partition coefficient (Wildman–Crippen LogP) is 1.07. The minimum Gasteiger partial charge on any atom is -0.336 e. The highest BCUT2D eigenvalue weighted by molar-refractivity contribution is 4.97. The Balaban J connectivity index is 1.83. The van der Waals surface area contributed by atoms with E-state index in [1.165, 1.54) is 31.6 Å². The third kappa shape index (κ3) is 3.06. The van der Waals surface area contributed by atoms with Gasteiger partial charge < -0.3 is 10.3 Å². The number of hydrogen-bond acceptors (Lipinski definition) is 3. The fourth-order valence-electron chi connectivity index (χ4n) is 2.21. The van der Waals surface area contributed by atoms with E-state index in [1.54, 1.807) is 0 Å². The van der Waals surface area contributed by atoms with Gasteiger partial charge in [-0.1, -0.05) is 6.92 Å². The van der Waals surface area contributed by atoms with Crippen LogP contribution >= 0.6 is 0 Å². The standard InChI is InChI=1S/C12H22N4/c1-11-2-5-15(6-3-11)8-12-9-16(7-4-13)10-14-12/h9-11H,2-8,13H2,1H3. The average molecular weight is 222 g/mol. The maximum atomic E-state index is 5.51. The van der Waals surface area contributed by atoms with Crippen molar-refractivity contribution in [3.05, 3.63) is 18.2 Å². The van der Waals surface area contributed by atoms with Crippen LogP contribution in [0.25, 0.3) is 0 Å². The molecular formula is C12H22N4. The van der Waals surface area contributed by atoms with Gasteiger partial charge in [-0.3, -0.25) is 4.90 Å². The molecule has 90 valence electrons. The van der Waals surface area contributed by atoms with Gasteiger partial charge in [0.25, 0.3) is 0 Å². The molecule has 0 spiro atoms. The summed E-state index contributed by atoms with van der Waals surface area (Å²) < 4.78 is 2.07. The molecule has 0 radical (unpaired) electrons. The van der Waals surface area contributed by atoms with Crippen LogP contribution in [-0.4, -0.2) is 34.1 Å². The monoisotopic (exact) mass is 222 g/mol. The second-order valence-electron chi connectivity index (χ2n) is 4.85. The Hall–Kier alpha value is -0.870. The van der Waals surface area contributed by atoms with Crippen LogP contribution in [-0.2, 0) is 13.1 Å². The second-order valence-corrected chi connectivity index (χ2v) is 4.85. The van der Waals surface area contributed by atoms with Crippen molar-refractivity contribution in [2.45, 2.75) is 32.9 Å². The second kappa shape index (κ2) is 5.46. The third-order valence-electron chi connectivity index (χ3n) is 3.34. The Morgan fingerprint density at radius 2 is 2.19 bits per heavy atom. The predicted molar refractivity (Wildman–Crippen MR) is 65.0 cm³/mol. The highest BCUT2D eigenvalue weighted by atomic mass is 15.1. The van der Waals surface area contributed by atoms with Crippen LogP contribution in [0.1, 0.15) is 25.5 Å². The van der Waals surface area contributed by atoms with Crippen molar-refractivity contribution < 1.29 is 0 Å². The smallest absolute Gasteiger partial charge is 0.0950 e. The summed E-state index contributed by atoms with van der Waals surface area (Å²) in [5.41, 5.74) is 6.68. The van der Waals surface area contributed by atoms with Crippen molar-refractivity contribution in [1.29, 1.82) is 0 Å². The van der Waals surface area contributed by atoms with Crippen molar-refractivity contribution in [1.82, 2.24) is 14.5 Å². The molecule has 0 amide bonds. The number of hydrogen-bond donors (Lipinski definition) is 1. The van der Waals surface area contributed by atoms with E-state index in [2.05, 4.69) is 27.6 Å². The third-order valence-corrected chi connectivity index (χ3v) is 3.34. The number of nitrogens with two attached hydrogens (primary N) is 1. The van der Waals surface area contributed by atoms with Gasteiger partial charge in [0.15, 0.2) is 0 Å². The molecule has 2 rings (SSSR count). The summed E-state index contributed by atoms with van der Waals surface area (Å²) >= 11 is 0. The zero-order chi connectivity index (χ0) is 11.4. The van der Waals surface area contributed by atoms with Crippen LogP contribution in [0.3, 0.4) is 0 Å². The maximum Gasteiger partial charge on any atom is 0.0950 e. The first-order valence-corrected chi connectivity index (χ1v) is 6.21. The first kappa shape index (κ1) is 11.6. The fraction of sp³-hybridized carbons (Fsp3) is 0.750. The molecule has 1 aromatic rings. The topological polar surface area (TPSA) is 47.1 Å². The van der Waals surface area contributed by atoms with Gasteiger partial charge in [0.05, 0.1) is 12.0 Å². The molecule has 0 aliphatic carbocycles. The SMILES string of the molecule is CC1CCN(Cc2cn(CCN)cn2)CC1. The van der Waals surface area contributed by atoms with E-state index in [0.717, 1.165) is 19.0 Å². The van der Waals surface area contributed by atoms with Gasteiger partial charge in [0.1, 0.15) is 0 Å². The lowest BCUT2D eigenvalue weighted by molar-refractivity contribution is 0.183. The van der Waals surface area contributed by atoms with E-state index in [9.17, 15) is 0 Å². The molecule has 1 aliphatic heterocycles. The Morgan fingerprint density at radius 3 is 2.88 bits per heavy atom. The van der Waals surface area contributed by atoms with Crippen LogP contribution in [0, 0.1) is 5.92 Å². The molecule has 4 nitrogen and oxygen atoms in total. The molecule has 1 fully saturated rings. The summed E-state index contributed by atoms with van der Waals surface area (Å²) in [5, 5.41) is 0. The number of likely N-dealkylation sites (tertiary alicyclic amines) is 1. The molecule has 0 aromatic carbocycles. The molecule has 2 heterocycles. The van der Waals surface area contributed by atoms with Crippen LogP contribution in [0.5, 0.6) is 0 Å². The quantitative estimate of drug-likeness (QED) is 0.829. The lowest BCUT2D eigenvalue weighted by Crippen LogP contribution is -2.32. The van der Waals surface area contributed by atoms with Gasteiger partial charge in [-0.2, -0.15) is 0 Å². The van der Waals surface area contributed by atoms with E-state index in [1.807, 2.05) is 6.33 Å².